The van der Waals surface area contributed by atoms with Crippen LogP contribution in [0.3, 0.4) is 0 Å². The molecule has 0 aliphatic heterocycles. The van der Waals surface area contributed by atoms with Crippen LogP contribution in [0.15, 0.2) is 0 Å². The monoisotopic (exact) mass is 301 g/mol. The minimum absolute atomic E-state index is 0.411. The van der Waals surface area contributed by atoms with Gasteiger partial charge in [-0.25, -0.2) is 0 Å². The van der Waals surface area contributed by atoms with Crippen molar-refractivity contribution in [3.63, 3.8) is 0 Å². The maximum atomic E-state index is 9.77. The highest BCUT2D eigenvalue weighted by atomic mass is 16.5. The molecule has 21 heavy (non-hydrogen) atoms. The van der Waals surface area contributed by atoms with E-state index in [-0.39, 0.29) is 0 Å². The standard InChI is InChI=1S/C17H35NO3/c1-2-3-4-8-12-20-15-16(19)14-18-11-13-21-17-9-6-5-7-10-17/h16-19H,2-15H2,1H3. The van der Waals surface area contributed by atoms with E-state index in [9.17, 15) is 5.11 Å². The van der Waals surface area contributed by atoms with Crippen LogP contribution in [0.2, 0.25) is 0 Å². The Kier molecular flexibility index (Phi) is 12.1. The summed E-state index contributed by atoms with van der Waals surface area (Å²) in [6.45, 7) is 5.54. The van der Waals surface area contributed by atoms with Crippen LogP contribution in [0, 0.1) is 0 Å². The Hall–Kier alpha value is -0.160. The molecule has 4 heteroatoms. The van der Waals surface area contributed by atoms with E-state index >= 15 is 0 Å². The van der Waals surface area contributed by atoms with E-state index in [1.807, 2.05) is 0 Å². The summed E-state index contributed by atoms with van der Waals surface area (Å²) in [5.41, 5.74) is 0. The van der Waals surface area contributed by atoms with Gasteiger partial charge in [-0.15, -0.1) is 0 Å². The van der Waals surface area contributed by atoms with E-state index in [0.717, 1.165) is 26.2 Å². The molecular weight excluding hydrogens is 266 g/mol. The molecule has 2 N–H and O–H groups in total. The smallest absolute Gasteiger partial charge is 0.0897 e. The van der Waals surface area contributed by atoms with Gasteiger partial charge in [-0.2, -0.15) is 0 Å². The molecular formula is C17H35NO3. The fraction of sp³-hybridized carbons (Fsp3) is 1.00. The van der Waals surface area contributed by atoms with Crippen LogP contribution in [0.4, 0.5) is 0 Å². The summed E-state index contributed by atoms with van der Waals surface area (Å²) in [6.07, 6.45) is 11.3. The SMILES string of the molecule is CCCCCCOCC(O)CNCCOC1CCCCC1. The molecule has 1 aliphatic rings. The Labute approximate surface area is 130 Å². The molecule has 0 spiro atoms. The van der Waals surface area contributed by atoms with Crippen LogP contribution < -0.4 is 5.32 Å². The van der Waals surface area contributed by atoms with Crippen LogP contribution >= 0.6 is 0 Å². The molecule has 0 bridgehead atoms. The first-order chi connectivity index (χ1) is 10.3. The third-order valence-electron chi connectivity index (χ3n) is 4.02. The van der Waals surface area contributed by atoms with Crippen LogP contribution in [0.5, 0.6) is 0 Å². The van der Waals surface area contributed by atoms with Crippen molar-refractivity contribution in [2.24, 2.45) is 0 Å². The van der Waals surface area contributed by atoms with E-state index in [1.54, 1.807) is 0 Å². The van der Waals surface area contributed by atoms with E-state index < -0.39 is 6.10 Å². The van der Waals surface area contributed by atoms with Crippen LogP contribution in [-0.4, -0.2) is 50.2 Å². The highest BCUT2D eigenvalue weighted by Crippen LogP contribution is 2.19. The quantitative estimate of drug-likeness (QED) is 0.514. The molecule has 0 saturated heterocycles. The van der Waals surface area contributed by atoms with E-state index in [2.05, 4.69) is 12.2 Å². The summed E-state index contributed by atoms with van der Waals surface area (Å²) >= 11 is 0. The number of aliphatic hydroxyl groups excluding tert-OH is 1. The first-order valence-electron chi connectivity index (χ1n) is 8.91. The lowest BCUT2D eigenvalue weighted by Crippen LogP contribution is -2.33. The van der Waals surface area contributed by atoms with Crippen molar-refractivity contribution in [3.8, 4) is 0 Å². The molecule has 0 heterocycles. The normalized spacial score (nSPS) is 18.0. The van der Waals surface area contributed by atoms with Gasteiger partial charge in [-0.1, -0.05) is 45.4 Å². The summed E-state index contributed by atoms with van der Waals surface area (Å²) < 4.78 is 11.3. The van der Waals surface area contributed by atoms with Gasteiger partial charge in [0.1, 0.15) is 0 Å². The first kappa shape index (κ1) is 18.9. The average molecular weight is 301 g/mol. The minimum Gasteiger partial charge on any atom is -0.389 e. The zero-order valence-electron chi connectivity index (χ0n) is 13.8. The molecule has 0 aromatic heterocycles. The van der Waals surface area contributed by atoms with Gasteiger partial charge < -0.3 is 19.9 Å². The molecule has 1 fully saturated rings. The molecule has 0 aromatic carbocycles. The van der Waals surface area contributed by atoms with Gasteiger partial charge in [0.25, 0.3) is 0 Å². The van der Waals surface area contributed by atoms with Crippen LogP contribution in [0.25, 0.3) is 0 Å². The highest BCUT2D eigenvalue weighted by molar-refractivity contribution is 4.65. The molecule has 1 rings (SSSR count). The fourth-order valence-electron chi connectivity index (χ4n) is 2.71. The van der Waals surface area contributed by atoms with Crippen molar-refractivity contribution in [1.82, 2.24) is 5.32 Å². The van der Waals surface area contributed by atoms with E-state index in [1.165, 1.54) is 51.4 Å². The Balaban J connectivity index is 1.81. The van der Waals surface area contributed by atoms with Crippen molar-refractivity contribution >= 4 is 0 Å². The zero-order chi connectivity index (χ0) is 15.2. The summed E-state index contributed by atoms with van der Waals surface area (Å²) in [5.74, 6) is 0. The summed E-state index contributed by atoms with van der Waals surface area (Å²) in [5, 5.41) is 13.0. The summed E-state index contributed by atoms with van der Waals surface area (Å²) in [4.78, 5) is 0. The maximum absolute atomic E-state index is 9.77. The van der Waals surface area contributed by atoms with Gasteiger partial charge in [0, 0.05) is 19.7 Å². The number of aliphatic hydroxyl groups is 1. The predicted octanol–water partition coefficient (Wildman–Crippen LogP) is 2.88. The van der Waals surface area contributed by atoms with Crippen molar-refractivity contribution in [1.29, 1.82) is 0 Å². The molecule has 0 amide bonds. The molecule has 1 aliphatic carbocycles. The Morgan fingerprint density at radius 3 is 2.67 bits per heavy atom. The Bertz CT molecular complexity index is 220. The first-order valence-corrected chi connectivity index (χ1v) is 8.91. The van der Waals surface area contributed by atoms with E-state index in [4.69, 9.17) is 9.47 Å². The average Bonchev–Trinajstić information content (AvgIpc) is 2.51. The molecule has 1 unspecified atom stereocenters. The van der Waals surface area contributed by atoms with Gasteiger partial charge in [0.15, 0.2) is 0 Å². The molecule has 4 nitrogen and oxygen atoms in total. The number of nitrogens with one attached hydrogen (secondary N) is 1. The zero-order valence-corrected chi connectivity index (χ0v) is 13.8. The number of hydrogen-bond donors (Lipinski definition) is 2. The van der Waals surface area contributed by atoms with Gasteiger partial charge in [0.05, 0.1) is 25.4 Å². The molecule has 126 valence electrons. The van der Waals surface area contributed by atoms with Gasteiger partial charge in [0.2, 0.25) is 0 Å². The largest absolute Gasteiger partial charge is 0.389 e. The lowest BCUT2D eigenvalue weighted by Gasteiger charge is -2.22. The number of hydrogen-bond acceptors (Lipinski definition) is 4. The second kappa shape index (κ2) is 13.5. The number of unbranched alkanes of at least 4 members (excludes halogenated alkanes) is 3. The number of ether oxygens (including phenoxy) is 2. The Morgan fingerprint density at radius 1 is 1.10 bits per heavy atom. The lowest BCUT2D eigenvalue weighted by molar-refractivity contribution is 0.0217. The highest BCUT2D eigenvalue weighted by Gasteiger charge is 2.13. The third kappa shape index (κ3) is 11.1. The fourth-order valence-corrected chi connectivity index (χ4v) is 2.71. The van der Waals surface area contributed by atoms with Crippen LogP contribution in [-0.2, 0) is 9.47 Å². The molecule has 0 aromatic rings. The van der Waals surface area contributed by atoms with Crippen molar-refractivity contribution in [2.75, 3.05) is 32.9 Å². The van der Waals surface area contributed by atoms with Gasteiger partial charge in [-0.3, -0.25) is 0 Å². The molecule has 1 saturated carbocycles. The topological polar surface area (TPSA) is 50.7 Å². The van der Waals surface area contributed by atoms with Gasteiger partial charge >= 0.3 is 0 Å². The Morgan fingerprint density at radius 2 is 1.90 bits per heavy atom. The van der Waals surface area contributed by atoms with Crippen molar-refractivity contribution in [2.45, 2.75) is 76.9 Å². The lowest BCUT2D eigenvalue weighted by atomic mass is 9.98. The second-order valence-corrected chi connectivity index (χ2v) is 6.12. The second-order valence-electron chi connectivity index (χ2n) is 6.12. The molecule has 1 atom stereocenters. The van der Waals surface area contributed by atoms with Crippen molar-refractivity contribution < 1.29 is 14.6 Å². The van der Waals surface area contributed by atoms with Crippen molar-refractivity contribution in [3.05, 3.63) is 0 Å². The molecule has 0 radical (unpaired) electrons. The third-order valence-corrected chi connectivity index (χ3v) is 4.02. The van der Waals surface area contributed by atoms with Gasteiger partial charge in [-0.05, 0) is 19.3 Å². The summed E-state index contributed by atoms with van der Waals surface area (Å²) in [7, 11) is 0. The summed E-state index contributed by atoms with van der Waals surface area (Å²) in [6, 6.07) is 0. The van der Waals surface area contributed by atoms with Crippen LogP contribution in [0.1, 0.15) is 64.7 Å². The minimum atomic E-state index is -0.411. The van der Waals surface area contributed by atoms with E-state index in [0.29, 0.717) is 19.3 Å². The predicted molar refractivity (Wildman–Crippen MR) is 86.7 cm³/mol. The number of rotatable bonds is 13. The maximum Gasteiger partial charge on any atom is 0.0897 e.